The van der Waals surface area contributed by atoms with Crippen molar-refractivity contribution in [1.29, 1.82) is 0 Å². The summed E-state index contributed by atoms with van der Waals surface area (Å²) in [5, 5.41) is 6.71. The highest BCUT2D eigenvalue weighted by molar-refractivity contribution is 6.01. The topological polar surface area (TPSA) is 63.2 Å². The molecule has 2 heterocycles. The lowest BCUT2D eigenvalue weighted by atomic mass is 10.0. The molecule has 1 amide bonds. The number of carbonyl (C=O) groups is 1. The van der Waals surface area contributed by atoms with Crippen molar-refractivity contribution in [3.8, 4) is 0 Å². The quantitative estimate of drug-likeness (QED) is 0.908. The van der Waals surface area contributed by atoms with Crippen LogP contribution in [0.25, 0.3) is 0 Å². The number of carbonyl (C=O) groups excluding carboxylic acids is 1. The van der Waals surface area contributed by atoms with E-state index in [1.54, 1.807) is 6.07 Å². The molecule has 1 atom stereocenters. The van der Waals surface area contributed by atoms with Crippen molar-refractivity contribution in [3.63, 3.8) is 0 Å². The third kappa shape index (κ3) is 3.79. The van der Waals surface area contributed by atoms with Gasteiger partial charge in [0.15, 0.2) is 0 Å². The molecule has 2 aliphatic rings. The minimum atomic E-state index is -0.266. The summed E-state index contributed by atoms with van der Waals surface area (Å²) in [6, 6.07) is 5.13. The summed E-state index contributed by atoms with van der Waals surface area (Å²) >= 11 is 0. The zero-order valence-corrected chi connectivity index (χ0v) is 13.0. The molecule has 1 fully saturated rings. The first-order chi connectivity index (χ1) is 11.1. The maximum absolute atomic E-state index is 14.4. The molecule has 124 valence electrons. The van der Waals surface area contributed by atoms with E-state index in [0.29, 0.717) is 56.2 Å². The van der Waals surface area contributed by atoms with Crippen molar-refractivity contribution >= 4 is 17.3 Å². The Labute approximate surface area is 134 Å². The molecule has 0 aliphatic carbocycles. The molecular weight excluding hydrogens is 301 g/mol. The van der Waals surface area contributed by atoms with Gasteiger partial charge in [-0.2, -0.15) is 0 Å². The molecule has 0 bridgehead atoms. The number of morpholine rings is 1. The zero-order valence-electron chi connectivity index (χ0n) is 13.0. The summed E-state index contributed by atoms with van der Waals surface area (Å²) in [7, 11) is 0. The molecule has 1 saturated heterocycles. The Morgan fingerprint density at radius 2 is 2.22 bits per heavy atom. The second kappa shape index (κ2) is 6.95. The molecule has 1 unspecified atom stereocenters. The number of nitrogens with zero attached hydrogens (tertiary/aromatic N) is 2. The Kier molecular flexibility index (Phi) is 4.76. The summed E-state index contributed by atoms with van der Waals surface area (Å²) in [4.78, 5) is 18.2. The van der Waals surface area contributed by atoms with Crippen LogP contribution in [0.5, 0.6) is 0 Å². The second-order valence-electron chi connectivity index (χ2n) is 5.67. The summed E-state index contributed by atoms with van der Waals surface area (Å²) in [6.07, 6.45) is 0.354. The molecule has 1 aromatic rings. The fourth-order valence-electron chi connectivity index (χ4n) is 2.71. The molecular formula is C16H20FN3O3. The average Bonchev–Trinajstić information content (AvgIpc) is 3.02. The summed E-state index contributed by atoms with van der Waals surface area (Å²) in [5.74, 6) is -0.375. The lowest BCUT2D eigenvalue weighted by Gasteiger charge is -2.29. The van der Waals surface area contributed by atoms with Gasteiger partial charge in [0.1, 0.15) is 11.9 Å². The minimum Gasteiger partial charge on any atom is -0.390 e. The minimum absolute atomic E-state index is 0.108. The van der Waals surface area contributed by atoms with Crippen molar-refractivity contribution in [2.75, 3.05) is 37.7 Å². The number of hydrogen-bond acceptors (Lipinski definition) is 5. The lowest BCUT2D eigenvalue weighted by molar-refractivity contribution is -0.119. The van der Waals surface area contributed by atoms with Crippen LogP contribution < -0.4 is 10.2 Å². The molecule has 1 N–H and O–H groups in total. The number of ether oxygens (including phenoxy) is 1. The predicted molar refractivity (Wildman–Crippen MR) is 84.1 cm³/mol. The molecule has 6 nitrogen and oxygen atoms in total. The van der Waals surface area contributed by atoms with Crippen LogP contribution in [0.4, 0.5) is 10.1 Å². The van der Waals surface area contributed by atoms with Gasteiger partial charge in [-0.25, -0.2) is 4.39 Å². The van der Waals surface area contributed by atoms with Gasteiger partial charge in [-0.05, 0) is 12.1 Å². The van der Waals surface area contributed by atoms with Gasteiger partial charge in [0.25, 0.3) is 0 Å². The van der Waals surface area contributed by atoms with Gasteiger partial charge in [-0.3, -0.25) is 4.79 Å². The van der Waals surface area contributed by atoms with Gasteiger partial charge < -0.3 is 19.8 Å². The maximum Gasteiger partial charge on any atom is 0.217 e. The van der Waals surface area contributed by atoms with E-state index in [1.165, 1.54) is 13.0 Å². The number of hydrogen-bond donors (Lipinski definition) is 1. The van der Waals surface area contributed by atoms with Crippen molar-refractivity contribution in [1.82, 2.24) is 5.32 Å². The molecule has 2 aliphatic heterocycles. The number of oxime groups is 1. The van der Waals surface area contributed by atoms with Gasteiger partial charge in [-0.1, -0.05) is 11.2 Å². The first-order valence-corrected chi connectivity index (χ1v) is 7.73. The number of amides is 1. The van der Waals surface area contributed by atoms with E-state index >= 15 is 0 Å². The van der Waals surface area contributed by atoms with Gasteiger partial charge in [0.2, 0.25) is 5.91 Å². The average molecular weight is 321 g/mol. The molecule has 7 heteroatoms. The van der Waals surface area contributed by atoms with E-state index in [1.807, 2.05) is 11.0 Å². The van der Waals surface area contributed by atoms with Gasteiger partial charge in [0.05, 0.1) is 31.2 Å². The van der Waals surface area contributed by atoms with Crippen molar-refractivity contribution < 1.29 is 18.8 Å². The van der Waals surface area contributed by atoms with E-state index in [0.717, 1.165) is 0 Å². The highest BCUT2D eigenvalue weighted by Crippen LogP contribution is 2.24. The van der Waals surface area contributed by atoms with Crippen LogP contribution in [0.2, 0.25) is 0 Å². The standard InChI is InChI=1S/C16H20FN3O3/c1-11(21)18-10-13-9-15(19-23-13)12-2-3-16(14(17)8-12)20-4-6-22-7-5-20/h2-3,8,13H,4-7,9-10H2,1H3,(H,18,21). The fourth-order valence-corrected chi connectivity index (χ4v) is 2.71. The van der Waals surface area contributed by atoms with E-state index in [2.05, 4.69) is 10.5 Å². The maximum atomic E-state index is 14.4. The Morgan fingerprint density at radius 3 is 2.91 bits per heavy atom. The Bertz CT molecular complexity index is 615. The smallest absolute Gasteiger partial charge is 0.217 e. The first kappa shape index (κ1) is 15.7. The van der Waals surface area contributed by atoms with Crippen molar-refractivity contribution in [2.24, 2.45) is 5.16 Å². The Balaban J connectivity index is 1.65. The largest absolute Gasteiger partial charge is 0.390 e. The molecule has 0 saturated carbocycles. The van der Waals surface area contributed by atoms with Gasteiger partial charge in [0, 0.05) is 32.0 Å². The van der Waals surface area contributed by atoms with Crippen LogP contribution in [-0.4, -0.2) is 50.6 Å². The second-order valence-corrected chi connectivity index (χ2v) is 5.67. The van der Waals surface area contributed by atoms with E-state index in [-0.39, 0.29) is 17.8 Å². The van der Waals surface area contributed by atoms with Crippen LogP contribution in [0.3, 0.4) is 0 Å². The molecule has 0 radical (unpaired) electrons. The predicted octanol–water partition coefficient (Wildman–Crippen LogP) is 1.29. The van der Waals surface area contributed by atoms with Crippen LogP contribution in [0.15, 0.2) is 23.4 Å². The van der Waals surface area contributed by atoms with Crippen LogP contribution >= 0.6 is 0 Å². The van der Waals surface area contributed by atoms with E-state index < -0.39 is 0 Å². The summed E-state index contributed by atoms with van der Waals surface area (Å²) in [5.41, 5.74) is 2.00. The van der Waals surface area contributed by atoms with E-state index in [4.69, 9.17) is 9.57 Å². The van der Waals surface area contributed by atoms with Crippen LogP contribution in [0.1, 0.15) is 18.9 Å². The SMILES string of the molecule is CC(=O)NCC1CC(c2ccc(N3CCOCC3)c(F)c2)=NO1. The summed E-state index contributed by atoms with van der Waals surface area (Å²) in [6.45, 7) is 4.48. The zero-order chi connectivity index (χ0) is 16.2. The molecule has 1 aromatic carbocycles. The van der Waals surface area contributed by atoms with E-state index in [9.17, 15) is 9.18 Å². The highest BCUT2D eigenvalue weighted by atomic mass is 19.1. The Hall–Kier alpha value is -2.15. The summed E-state index contributed by atoms with van der Waals surface area (Å²) < 4.78 is 19.7. The molecule has 23 heavy (non-hydrogen) atoms. The molecule has 0 aromatic heterocycles. The number of rotatable bonds is 4. The van der Waals surface area contributed by atoms with Crippen LogP contribution in [-0.2, 0) is 14.4 Å². The highest BCUT2D eigenvalue weighted by Gasteiger charge is 2.23. The third-order valence-electron chi connectivity index (χ3n) is 3.94. The van der Waals surface area contributed by atoms with Crippen molar-refractivity contribution in [2.45, 2.75) is 19.4 Å². The van der Waals surface area contributed by atoms with Crippen molar-refractivity contribution in [3.05, 3.63) is 29.6 Å². The van der Waals surface area contributed by atoms with Crippen LogP contribution in [0, 0.1) is 5.82 Å². The third-order valence-corrected chi connectivity index (χ3v) is 3.94. The molecule has 0 spiro atoms. The lowest BCUT2D eigenvalue weighted by Crippen LogP contribution is -2.36. The van der Waals surface area contributed by atoms with Gasteiger partial charge >= 0.3 is 0 Å². The van der Waals surface area contributed by atoms with Gasteiger partial charge in [-0.15, -0.1) is 0 Å². The number of nitrogens with one attached hydrogen (secondary N) is 1. The number of halogens is 1. The Morgan fingerprint density at radius 1 is 1.43 bits per heavy atom. The molecule has 3 rings (SSSR count). The fraction of sp³-hybridized carbons (Fsp3) is 0.500. The normalized spacial score (nSPS) is 20.9. The monoisotopic (exact) mass is 321 g/mol. The number of benzene rings is 1. The first-order valence-electron chi connectivity index (χ1n) is 7.73. The number of anilines is 1.